The van der Waals surface area contributed by atoms with Crippen LogP contribution in [0, 0.1) is 0 Å². The maximum atomic E-state index is 11.1. The van der Waals surface area contributed by atoms with Crippen LogP contribution < -0.4 is 11.3 Å². The van der Waals surface area contributed by atoms with E-state index in [4.69, 9.17) is 10.4 Å². The van der Waals surface area contributed by atoms with Crippen molar-refractivity contribution >= 4 is 5.91 Å². The summed E-state index contributed by atoms with van der Waals surface area (Å²) in [4.78, 5) is 11.1. The first-order valence-corrected chi connectivity index (χ1v) is 4.34. The number of aromatic nitrogens is 1. The van der Waals surface area contributed by atoms with E-state index < -0.39 is 5.91 Å². The van der Waals surface area contributed by atoms with Crippen LogP contribution in [0.4, 0.5) is 0 Å². The van der Waals surface area contributed by atoms with Crippen LogP contribution in [0.5, 0.6) is 0 Å². The summed E-state index contributed by atoms with van der Waals surface area (Å²) in [7, 11) is 0. The maximum absolute atomic E-state index is 11.1. The monoisotopic (exact) mass is 203 g/mol. The Hall–Kier alpha value is -2.14. The maximum Gasteiger partial charge on any atom is 0.287 e. The molecule has 0 radical (unpaired) electrons. The molecule has 0 unspecified atom stereocenters. The molecule has 0 spiro atoms. The van der Waals surface area contributed by atoms with E-state index in [1.807, 2.05) is 35.8 Å². The van der Waals surface area contributed by atoms with E-state index >= 15 is 0 Å². The molecule has 2 rings (SSSR count). The van der Waals surface area contributed by atoms with Gasteiger partial charge in [-0.25, -0.2) is 5.84 Å². The van der Waals surface area contributed by atoms with Crippen LogP contribution in [0.1, 0.15) is 10.5 Å². The second kappa shape index (κ2) is 3.93. The van der Waals surface area contributed by atoms with E-state index in [-0.39, 0.29) is 5.69 Å². The molecule has 0 aliphatic rings. The van der Waals surface area contributed by atoms with Gasteiger partial charge >= 0.3 is 0 Å². The molecule has 76 valence electrons. The average Bonchev–Trinajstić information content (AvgIpc) is 2.78. The van der Waals surface area contributed by atoms with Gasteiger partial charge in [-0.2, -0.15) is 0 Å². The molecule has 0 saturated carbocycles. The molecule has 1 amide bonds. The molecule has 1 heterocycles. The average molecular weight is 203 g/mol. The second-order valence-electron chi connectivity index (χ2n) is 2.92. The highest BCUT2D eigenvalue weighted by Gasteiger charge is 2.11. The number of nitrogens with zero attached hydrogens (tertiary/aromatic N) is 1. The van der Waals surface area contributed by atoms with Crippen molar-refractivity contribution in [2.75, 3.05) is 0 Å². The number of nitrogens with two attached hydrogens (primary N) is 1. The largest absolute Gasteiger partial charge is 0.355 e. The third-order valence-electron chi connectivity index (χ3n) is 1.93. The predicted molar refractivity (Wildman–Crippen MR) is 53.6 cm³/mol. The molecule has 0 atom stereocenters. The molecule has 1 aromatic heterocycles. The summed E-state index contributed by atoms with van der Waals surface area (Å²) in [6, 6.07) is 10.9. The molecule has 5 heteroatoms. The van der Waals surface area contributed by atoms with E-state index in [2.05, 4.69) is 5.16 Å². The Morgan fingerprint density at radius 3 is 2.73 bits per heavy atom. The molecule has 3 N–H and O–H groups in total. The lowest BCUT2D eigenvalue weighted by atomic mass is 10.2. The van der Waals surface area contributed by atoms with Gasteiger partial charge in [0.25, 0.3) is 5.91 Å². The fourth-order valence-corrected chi connectivity index (χ4v) is 1.19. The van der Waals surface area contributed by atoms with Crippen LogP contribution in [0.2, 0.25) is 0 Å². The third-order valence-corrected chi connectivity index (χ3v) is 1.93. The van der Waals surface area contributed by atoms with Gasteiger partial charge in [0, 0.05) is 11.6 Å². The predicted octanol–water partition coefficient (Wildman–Crippen LogP) is 0.945. The van der Waals surface area contributed by atoms with Crippen molar-refractivity contribution in [3.05, 3.63) is 42.1 Å². The molecule has 1 aromatic carbocycles. The van der Waals surface area contributed by atoms with Gasteiger partial charge < -0.3 is 4.52 Å². The van der Waals surface area contributed by atoms with Crippen molar-refractivity contribution in [3.63, 3.8) is 0 Å². The molecule has 0 aliphatic carbocycles. The number of carbonyl (C=O) groups is 1. The van der Waals surface area contributed by atoms with E-state index in [9.17, 15) is 4.79 Å². The fourth-order valence-electron chi connectivity index (χ4n) is 1.19. The van der Waals surface area contributed by atoms with E-state index in [0.717, 1.165) is 5.56 Å². The number of hydrazine groups is 1. The minimum atomic E-state index is -0.471. The quantitative estimate of drug-likeness (QED) is 0.432. The standard InChI is InChI=1S/C10H9N3O2/c11-12-10(14)8-6-9(15-13-8)7-4-2-1-3-5-7/h1-6H,11H2,(H,12,14). The number of rotatable bonds is 2. The molecule has 0 saturated heterocycles. The molecule has 0 bridgehead atoms. The summed E-state index contributed by atoms with van der Waals surface area (Å²) >= 11 is 0. The zero-order valence-corrected chi connectivity index (χ0v) is 7.81. The van der Waals surface area contributed by atoms with Crippen LogP contribution in [0.3, 0.4) is 0 Å². The minimum Gasteiger partial charge on any atom is -0.355 e. The SMILES string of the molecule is NNC(=O)c1cc(-c2ccccc2)on1. The van der Waals surface area contributed by atoms with Gasteiger partial charge in [0.05, 0.1) is 0 Å². The molecule has 0 aliphatic heterocycles. The Balaban J connectivity index is 2.32. The Morgan fingerprint density at radius 1 is 1.33 bits per heavy atom. The number of benzene rings is 1. The lowest BCUT2D eigenvalue weighted by Gasteiger charge is -1.91. The summed E-state index contributed by atoms with van der Waals surface area (Å²) in [5.41, 5.74) is 3.01. The van der Waals surface area contributed by atoms with Gasteiger partial charge in [-0.1, -0.05) is 35.5 Å². The Bertz CT molecular complexity index is 465. The summed E-state index contributed by atoms with van der Waals surface area (Å²) in [5.74, 6) is 5.04. The third kappa shape index (κ3) is 1.87. The summed E-state index contributed by atoms with van der Waals surface area (Å²) in [6.07, 6.45) is 0. The van der Waals surface area contributed by atoms with Gasteiger partial charge in [-0.15, -0.1) is 0 Å². The number of nitrogens with one attached hydrogen (secondary N) is 1. The molecule has 5 nitrogen and oxygen atoms in total. The summed E-state index contributed by atoms with van der Waals surface area (Å²) < 4.78 is 5.01. The van der Waals surface area contributed by atoms with Crippen molar-refractivity contribution in [1.82, 2.24) is 10.6 Å². The Labute approximate surface area is 85.8 Å². The van der Waals surface area contributed by atoms with Crippen LogP contribution >= 0.6 is 0 Å². The molecular weight excluding hydrogens is 194 g/mol. The summed E-state index contributed by atoms with van der Waals surface area (Å²) in [6.45, 7) is 0. The first-order chi connectivity index (χ1) is 7.31. The van der Waals surface area contributed by atoms with Gasteiger partial charge in [0.15, 0.2) is 11.5 Å². The zero-order chi connectivity index (χ0) is 10.7. The van der Waals surface area contributed by atoms with Crippen LogP contribution in [-0.4, -0.2) is 11.1 Å². The topological polar surface area (TPSA) is 81.1 Å². The smallest absolute Gasteiger partial charge is 0.287 e. The highest BCUT2D eigenvalue weighted by Crippen LogP contribution is 2.19. The molecule has 15 heavy (non-hydrogen) atoms. The lowest BCUT2D eigenvalue weighted by Crippen LogP contribution is -2.30. The molecule has 0 fully saturated rings. The number of carbonyl (C=O) groups excluding carboxylic acids is 1. The van der Waals surface area contributed by atoms with E-state index in [1.54, 1.807) is 0 Å². The fraction of sp³-hybridized carbons (Fsp3) is 0. The normalized spacial score (nSPS) is 9.93. The lowest BCUT2D eigenvalue weighted by molar-refractivity contribution is 0.0944. The van der Waals surface area contributed by atoms with Gasteiger partial charge in [0.2, 0.25) is 0 Å². The van der Waals surface area contributed by atoms with Gasteiger partial charge in [0.1, 0.15) is 0 Å². The number of hydrogen-bond acceptors (Lipinski definition) is 4. The first kappa shape index (κ1) is 9.42. The number of nitrogen functional groups attached to an aromatic ring is 1. The zero-order valence-electron chi connectivity index (χ0n) is 7.81. The number of hydrogen-bond donors (Lipinski definition) is 2. The number of amides is 1. The van der Waals surface area contributed by atoms with Crippen molar-refractivity contribution in [1.29, 1.82) is 0 Å². The Kier molecular flexibility index (Phi) is 2.47. The summed E-state index contributed by atoms with van der Waals surface area (Å²) in [5, 5.41) is 3.60. The van der Waals surface area contributed by atoms with Crippen molar-refractivity contribution in [3.8, 4) is 11.3 Å². The van der Waals surface area contributed by atoms with E-state index in [0.29, 0.717) is 5.76 Å². The van der Waals surface area contributed by atoms with Gasteiger partial charge in [-0.3, -0.25) is 10.2 Å². The molecule has 2 aromatic rings. The Morgan fingerprint density at radius 2 is 2.07 bits per heavy atom. The van der Waals surface area contributed by atoms with E-state index in [1.165, 1.54) is 6.07 Å². The minimum absolute atomic E-state index is 0.163. The van der Waals surface area contributed by atoms with Crippen LogP contribution in [0.15, 0.2) is 40.9 Å². The highest BCUT2D eigenvalue weighted by atomic mass is 16.5. The van der Waals surface area contributed by atoms with Gasteiger partial charge in [-0.05, 0) is 0 Å². The van der Waals surface area contributed by atoms with Crippen molar-refractivity contribution in [2.45, 2.75) is 0 Å². The second-order valence-corrected chi connectivity index (χ2v) is 2.92. The highest BCUT2D eigenvalue weighted by molar-refractivity contribution is 5.92. The molecular formula is C10H9N3O2. The first-order valence-electron chi connectivity index (χ1n) is 4.34. The van der Waals surface area contributed by atoms with Crippen LogP contribution in [-0.2, 0) is 0 Å². The van der Waals surface area contributed by atoms with Crippen molar-refractivity contribution in [2.24, 2.45) is 5.84 Å². The van der Waals surface area contributed by atoms with Crippen molar-refractivity contribution < 1.29 is 9.32 Å². The van der Waals surface area contributed by atoms with Crippen LogP contribution in [0.25, 0.3) is 11.3 Å².